The van der Waals surface area contributed by atoms with Crippen LogP contribution in [0.1, 0.15) is 30.6 Å². The molecule has 0 aliphatic heterocycles. The Labute approximate surface area is 132 Å². The van der Waals surface area contributed by atoms with Crippen molar-refractivity contribution in [1.82, 2.24) is 24.5 Å². The Morgan fingerprint density at radius 1 is 1.43 bits per heavy atom. The summed E-state index contributed by atoms with van der Waals surface area (Å²) in [5.74, 6) is 0.0522. The minimum absolute atomic E-state index is 0.0522. The molecule has 0 saturated carbocycles. The topological polar surface area (TPSA) is 56.0 Å². The summed E-state index contributed by atoms with van der Waals surface area (Å²) in [5, 5.41) is 8.43. The molecule has 21 heavy (non-hydrogen) atoms. The molecule has 114 valence electrons. The fourth-order valence-corrected chi connectivity index (χ4v) is 2.55. The van der Waals surface area contributed by atoms with Crippen LogP contribution in [0.4, 0.5) is 0 Å². The number of rotatable bonds is 5. The van der Waals surface area contributed by atoms with E-state index >= 15 is 0 Å². The molecule has 2 heterocycles. The van der Waals surface area contributed by atoms with E-state index in [0.29, 0.717) is 13.0 Å². The number of carbonyl (C=O) groups excluding carboxylic acids is 1. The summed E-state index contributed by atoms with van der Waals surface area (Å²) in [7, 11) is 3.72. The van der Waals surface area contributed by atoms with Gasteiger partial charge in [0, 0.05) is 38.1 Å². The zero-order valence-corrected chi connectivity index (χ0v) is 14.3. The van der Waals surface area contributed by atoms with Gasteiger partial charge in [-0.05, 0) is 29.3 Å². The molecule has 1 atom stereocenters. The lowest BCUT2D eigenvalue weighted by Gasteiger charge is -2.23. The first-order valence-corrected chi connectivity index (χ1v) is 7.65. The van der Waals surface area contributed by atoms with Gasteiger partial charge in [-0.2, -0.15) is 10.2 Å². The van der Waals surface area contributed by atoms with Crippen molar-refractivity contribution in [3.05, 3.63) is 34.3 Å². The molecule has 2 rings (SSSR count). The Hall–Kier alpha value is -1.63. The van der Waals surface area contributed by atoms with Gasteiger partial charge in [0.05, 0.1) is 16.9 Å². The van der Waals surface area contributed by atoms with Gasteiger partial charge >= 0.3 is 0 Å². The van der Waals surface area contributed by atoms with Crippen molar-refractivity contribution >= 4 is 21.8 Å². The number of likely N-dealkylation sites (N-methyl/N-ethyl adjacent to an activating group) is 1. The van der Waals surface area contributed by atoms with Gasteiger partial charge < -0.3 is 4.90 Å². The van der Waals surface area contributed by atoms with Crippen molar-refractivity contribution < 1.29 is 4.79 Å². The average molecular weight is 354 g/mol. The lowest BCUT2D eigenvalue weighted by atomic mass is 10.2. The van der Waals surface area contributed by atoms with Crippen LogP contribution in [0.2, 0.25) is 0 Å². The SMILES string of the molecule is CCC(C(=O)N(C)Cc1cnn(C)c1C)n1cc(Br)cn1. The molecule has 2 aromatic rings. The zero-order valence-electron chi connectivity index (χ0n) is 12.7. The summed E-state index contributed by atoms with van der Waals surface area (Å²) in [5.41, 5.74) is 2.13. The number of aryl methyl sites for hydroxylation is 1. The van der Waals surface area contributed by atoms with Gasteiger partial charge in [0.25, 0.3) is 0 Å². The van der Waals surface area contributed by atoms with Crippen LogP contribution in [0.3, 0.4) is 0 Å². The van der Waals surface area contributed by atoms with Gasteiger partial charge in [-0.3, -0.25) is 14.2 Å². The van der Waals surface area contributed by atoms with Gasteiger partial charge in [-0.25, -0.2) is 0 Å². The Balaban J connectivity index is 2.12. The Kier molecular flexibility index (Phi) is 4.82. The molecule has 6 nitrogen and oxygen atoms in total. The first kappa shape index (κ1) is 15.8. The van der Waals surface area contributed by atoms with E-state index in [4.69, 9.17) is 0 Å². The van der Waals surface area contributed by atoms with Crippen LogP contribution in [0.15, 0.2) is 23.1 Å². The third kappa shape index (κ3) is 3.34. The van der Waals surface area contributed by atoms with Gasteiger partial charge in [-0.1, -0.05) is 6.92 Å². The lowest BCUT2D eigenvalue weighted by Crippen LogP contribution is -2.34. The number of hydrogen-bond donors (Lipinski definition) is 0. The van der Waals surface area contributed by atoms with Crippen molar-refractivity contribution in [2.45, 2.75) is 32.9 Å². The molecule has 7 heteroatoms. The van der Waals surface area contributed by atoms with Gasteiger partial charge in [0.1, 0.15) is 6.04 Å². The maximum absolute atomic E-state index is 12.6. The molecule has 1 amide bonds. The fourth-order valence-electron chi connectivity index (χ4n) is 2.25. The standard InChI is InChI=1S/C14H20BrN5O/c1-5-13(20-9-12(15)7-17-20)14(21)18(3)8-11-6-16-19(4)10(11)2/h6-7,9,13H,5,8H2,1-4H3. The van der Waals surface area contributed by atoms with E-state index in [9.17, 15) is 4.79 Å². The number of hydrogen-bond acceptors (Lipinski definition) is 3. The molecular formula is C14H20BrN5O. The highest BCUT2D eigenvalue weighted by atomic mass is 79.9. The van der Waals surface area contributed by atoms with Crippen molar-refractivity contribution in [2.24, 2.45) is 7.05 Å². The van der Waals surface area contributed by atoms with E-state index < -0.39 is 0 Å². The van der Waals surface area contributed by atoms with Gasteiger partial charge in [-0.15, -0.1) is 0 Å². The van der Waals surface area contributed by atoms with Gasteiger partial charge in [0.2, 0.25) is 5.91 Å². The Bertz CT molecular complexity index is 633. The van der Waals surface area contributed by atoms with Gasteiger partial charge in [0.15, 0.2) is 0 Å². The molecule has 0 radical (unpaired) electrons. The van der Waals surface area contributed by atoms with Crippen molar-refractivity contribution in [3.63, 3.8) is 0 Å². The van der Waals surface area contributed by atoms with E-state index in [1.165, 1.54) is 0 Å². The molecular weight excluding hydrogens is 334 g/mol. The molecule has 0 bridgehead atoms. The van der Waals surface area contributed by atoms with Crippen molar-refractivity contribution in [3.8, 4) is 0 Å². The number of amides is 1. The zero-order chi connectivity index (χ0) is 15.6. The maximum atomic E-state index is 12.6. The van der Waals surface area contributed by atoms with E-state index in [-0.39, 0.29) is 11.9 Å². The second-order valence-electron chi connectivity index (χ2n) is 5.14. The molecule has 0 aliphatic rings. The molecule has 1 unspecified atom stereocenters. The summed E-state index contributed by atoms with van der Waals surface area (Å²) in [6, 6.07) is -0.279. The van der Waals surface area contributed by atoms with Crippen molar-refractivity contribution in [2.75, 3.05) is 7.05 Å². The van der Waals surface area contributed by atoms with Crippen molar-refractivity contribution in [1.29, 1.82) is 0 Å². The highest BCUT2D eigenvalue weighted by Gasteiger charge is 2.23. The minimum Gasteiger partial charge on any atom is -0.339 e. The van der Waals surface area contributed by atoms with E-state index in [1.54, 1.807) is 15.8 Å². The highest BCUT2D eigenvalue weighted by Crippen LogP contribution is 2.18. The summed E-state index contributed by atoms with van der Waals surface area (Å²) < 4.78 is 4.40. The summed E-state index contributed by atoms with van der Waals surface area (Å²) in [6.45, 7) is 4.54. The molecule has 0 saturated heterocycles. The number of carbonyl (C=O) groups is 1. The average Bonchev–Trinajstić information content (AvgIpc) is 3.00. The van der Waals surface area contributed by atoms with Crippen LogP contribution in [0.25, 0.3) is 0 Å². The number of halogens is 1. The smallest absolute Gasteiger partial charge is 0.247 e. The van der Waals surface area contributed by atoms with Crippen LogP contribution in [0.5, 0.6) is 0 Å². The van der Waals surface area contributed by atoms with Crippen LogP contribution in [0, 0.1) is 6.92 Å². The first-order valence-electron chi connectivity index (χ1n) is 6.86. The largest absolute Gasteiger partial charge is 0.339 e. The van der Waals surface area contributed by atoms with Crippen LogP contribution in [-0.2, 0) is 18.4 Å². The molecule has 0 aliphatic carbocycles. The number of aromatic nitrogens is 4. The normalized spacial score (nSPS) is 12.4. The fraction of sp³-hybridized carbons (Fsp3) is 0.500. The quantitative estimate of drug-likeness (QED) is 0.828. The molecule has 0 fully saturated rings. The molecule has 0 aromatic carbocycles. The summed E-state index contributed by atoms with van der Waals surface area (Å²) >= 11 is 3.36. The monoisotopic (exact) mass is 353 g/mol. The molecule has 2 aromatic heterocycles. The number of nitrogens with zero attached hydrogens (tertiary/aromatic N) is 5. The van der Waals surface area contributed by atoms with E-state index in [1.807, 2.05) is 45.0 Å². The molecule has 0 spiro atoms. The predicted octanol–water partition coefficient (Wildman–Crippen LogP) is 2.30. The highest BCUT2D eigenvalue weighted by molar-refractivity contribution is 9.10. The summed E-state index contributed by atoms with van der Waals surface area (Å²) in [4.78, 5) is 14.4. The Morgan fingerprint density at radius 2 is 2.14 bits per heavy atom. The second-order valence-corrected chi connectivity index (χ2v) is 6.05. The van der Waals surface area contributed by atoms with E-state index in [0.717, 1.165) is 15.7 Å². The van der Waals surface area contributed by atoms with Crippen LogP contribution in [-0.4, -0.2) is 37.4 Å². The first-order chi connectivity index (χ1) is 9.93. The van der Waals surface area contributed by atoms with Crippen LogP contribution >= 0.6 is 15.9 Å². The third-order valence-electron chi connectivity index (χ3n) is 3.68. The third-order valence-corrected chi connectivity index (χ3v) is 4.09. The lowest BCUT2D eigenvalue weighted by molar-refractivity contribution is -0.134. The summed E-state index contributed by atoms with van der Waals surface area (Å²) in [6.07, 6.45) is 6.03. The van der Waals surface area contributed by atoms with E-state index in [2.05, 4.69) is 26.1 Å². The second kappa shape index (κ2) is 6.43. The maximum Gasteiger partial charge on any atom is 0.247 e. The minimum atomic E-state index is -0.279. The molecule has 0 N–H and O–H groups in total. The predicted molar refractivity (Wildman–Crippen MR) is 83.7 cm³/mol. The Morgan fingerprint density at radius 3 is 2.62 bits per heavy atom. The van der Waals surface area contributed by atoms with Crippen LogP contribution < -0.4 is 0 Å².